The Kier molecular flexibility index (Phi) is 7.53. The Labute approximate surface area is 199 Å². The van der Waals surface area contributed by atoms with E-state index in [1.807, 2.05) is 66.7 Å². The highest BCUT2D eigenvalue weighted by molar-refractivity contribution is 6.30. The summed E-state index contributed by atoms with van der Waals surface area (Å²) in [5, 5.41) is 10.3. The van der Waals surface area contributed by atoms with Gasteiger partial charge >= 0.3 is 5.97 Å². The molecule has 1 aliphatic rings. The van der Waals surface area contributed by atoms with Gasteiger partial charge in [-0.05, 0) is 60.8 Å². The fraction of sp³-hybridized carbons (Fsp3) is 0.296. The van der Waals surface area contributed by atoms with Gasteiger partial charge in [-0.2, -0.15) is 0 Å². The van der Waals surface area contributed by atoms with Crippen molar-refractivity contribution in [2.75, 3.05) is 20.2 Å². The van der Waals surface area contributed by atoms with Crippen molar-refractivity contribution in [2.24, 2.45) is 5.92 Å². The average molecular weight is 466 g/mol. The van der Waals surface area contributed by atoms with Crippen molar-refractivity contribution in [3.63, 3.8) is 0 Å². The van der Waals surface area contributed by atoms with E-state index in [1.165, 1.54) is 0 Å². The van der Waals surface area contributed by atoms with Gasteiger partial charge in [0.25, 0.3) is 0 Å². The van der Waals surface area contributed by atoms with Crippen LogP contribution < -0.4 is 9.47 Å². The van der Waals surface area contributed by atoms with E-state index in [0.29, 0.717) is 24.6 Å². The second kappa shape index (κ2) is 10.7. The fourth-order valence-corrected chi connectivity index (χ4v) is 4.64. The second-order valence-electron chi connectivity index (χ2n) is 8.31. The SMILES string of the molecule is COc1ccc(Cl)cc1C(c1cccc(OCc2ccccc2)c1)N1CCCC(C(=O)O)C1. The van der Waals surface area contributed by atoms with E-state index >= 15 is 0 Å². The summed E-state index contributed by atoms with van der Waals surface area (Å²) in [7, 11) is 1.64. The van der Waals surface area contributed by atoms with Crippen LogP contribution in [0.4, 0.5) is 0 Å². The second-order valence-corrected chi connectivity index (χ2v) is 8.74. The average Bonchev–Trinajstić information content (AvgIpc) is 2.84. The van der Waals surface area contributed by atoms with E-state index in [4.69, 9.17) is 21.1 Å². The van der Waals surface area contributed by atoms with Crippen LogP contribution in [0.5, 0.6) is 11.5 Å². The monoisotopic (exact) mass is 465 g/mol. The number of benzene rings is 3. The lowest BCUT2D eigenvalue weighted by Crippen LogP contribution is -2.41. The van der Waals surface area contributed by atoms with Crippen molar-refractivity contribution in [1.29, 1.82) is 0 Å². The van der Waals surface area contributed by atoms with Gasteiger partial charge in [0.05, 0.1) is 19.1 Å². The zero-order chi connectivity index (χ0) is 23.2. The number of carboxylic acid groups (broad SMARTS) is 1. The fourth-order valence-electron chi connectivity index (χ4n) is 4.46. The topological polar surface area (TPSA) is 59.0 Å². The number of halogens is 1. The third-order valence-corrected chi connectivity index (χ3v) is 6.31. The van der Waals surface area contributed by atoms with Gasteiger partial charge in [-0.15, -0.1) is 0 Å². The number of aliphatic carboxylic acids is 1. The van der Waals surface area contributed by atoms with Crippen molar-refractivity contribution in [1.82, 2.24) is 4.90 Å². The zero-order valence-electron chi connectivity index (χ0n) is 18.6. The molecule has 0 aromatic heterocycles. The van der Waals surface area contributed by atoms with Crippen LogP contribution in [0.1, 0.15) is 35.6 Å². The number of rotatable bonds is 8. The summed E-state index contributed by atoms with van der Waals surface area (Å²) in [6, 6.07) is 23.4. The van der Waals surface area contributed by atoms with Gasteiger partial charge in [-0.25, -0.2) is 0 Å². The van der Waals surface area contributed by atoms with Crippen LogP contribution in [0, 0.1) is 5.92 Å². The highest BCUT2D eigenvalue weighted by Gasteiger charge is 2.33. The highest BCUT2D eigenvalue weighted by Crippen LogP contribution is 2.39. The molecule has 2 atom stereocenters. The lowest BCUT2D eigenvalue weighted by molar-refractivity contribution is -0.143. The molecule has 0 radical (unpaired) electrons. The van der Waals surface area contributed by atoms with Crippen LogP contribution in [0.2, 0.25) is 5.02 Å². The van der Waals surface area contributed by atoms with Crippen molar-refractivity contribution < 1.29 is 19.4 Å². The predicted octanol–water partition coefficient (Wildman–Crippen LogP) is 5.81. The van der Waals surface area contributed by atoms with Crippen LogP contribution in [-0.4, -0.2) is 36.2 Å². The van der Waals surface area contributed by atoms with Gasteiger partial charge in [0.15, 0.2) is 0 Å². The first-order valence-corrected chi connectivity index (χ1v) is 11.5. The van der Waals surface area contributed by atoms with Crippen LogP contribution in [0.15, 0.2) is 72.8 Å². The molecule has 5 nitrogen and oxygen atoms in total. The smallest absolute Gasteiger partial charge is 0.307 e. The Balaban J connectivity index is 1.69. The molecular formula is C27H28ClNO4. The number of methoxy groups -OCH3 is 1. The van der Waals surface area contributed by atoms with E-state index in [0.717, 1.165) is 41.2 Å². The lowest BCUT2D eigenvalue weighted by Gasteiger charge is -2.38. The Morgan fingerprint density at radius 1 is 1.12 bits per heavy atom. The highest BCUT2D eigenvalue weighted by atomic mass is 35.5. The molecule has 4 rings (SSSR count). The van der Waals surface area contributed by atoms with Gasteiger partial charge in [0, 0.05) is 17.1 Å². The van der Waals surface area contributed by atoms with E-state index < -0.39 is 11.9 Å². The lowest BCUT2D eigenvalue weighted by atomic mass is 9.91. The van der Waals surface area contributed by atoms with Crippen molar-refractivity contribution in [3.05, 3.63) is 94.5 Å². The van der Waals surface area contributed by atoms with Gasteiger partial charge < -0.3 is 14.6 Å². The third-order valence-electron chi connectivity index (χ3n) is 6.08. The van der Waals surface area contributed by atoms with Gasteiger partial charge in [0.1, 0.15) is 18.1 Å². The van der Waals surface area contributed by atoms with E-state index in [1.54, 1.807) is 13.2 Å². The molecule has 0 bridgehead atoms. The van der Waals surface area contributed by atoms with Crippen LogP contribution in [-0.2, 0) is 11.4 Å². The molecule has 1 fully saturated rings. The Hall–Kier alpha value is -3.02. The molecule has 1 aliphatic heterocycles. The van der Waals surface area contributed by atoms with E-state index in [9.17, 15) is 9.90 Å². The zero-order valence-corrected chi connectivity index (χ0v) is 19.4. The van der Waals surface area contributed by atoms with Crippen LogP contribution in [0.3, 0.4) is 0 Å². The summed E-state index contributed by atoms with van der Waals surface area (Å²) in [5.41, 5.74) is 3.01. The molecule has 172 valence electrons. The Morgan fingerprint density at radius 3 is 2.70 bits per heavy atom. The summed E-state index contributed by atoms with van der Waals surface area (Å²) in [6.07, 6.45) is 1.51. The normalized spacial score (nSPS) is 17.3. The molecule has 1 heterocycles. The van der Waals surface area contributed by atoms with Crippen LogP contribution in [0.25, 0.3) is 0 Å². The maximum atomic E-state index is 11.8. The first kappa shape index (κ1) is 23.1. The van der Waals surface area contributed by atoms with Crippen LogP contribution >= 0.6 is 11.6 Å². The van der Waals surface area contributed by atoms with E-state index in [-0.39, 0.29) is 6.04 Å². The summed E-state index contributed by atoms with van der Waals surface area (Å²) >= 11 is 6.38. The standard InChI is InChI=1S/C27H28ClNO4/c1-32-25-13-12-22(28)16-24(25)26(29-14-6-10-21(17-29)27(30)31)20-9-5-11-23(15-20)33-18-19-7-3-2-4-8-19/h2-5,7-9,11-13,15-16,21,26H,6,10,14,17-18H2,1H3,(H,30,31). The number of carboxylic acids is 1. The van der Waals surface area contributed by atoms with Gasteiger partial charge in [-0.3, -0.25) is 9.69 Å². The Bertz CT molecular complexity index is 1090. The number of likely N-dealkylation sites (tertiary alicyclic amines) is 1. The number of piperidine rings is 1. The molecule has 6 heteroatoms. The minimum absolute atomic E-state index is 0.207. The number of carbonyl (C=O) groups is 1. The molecule has 1 N–H and O–H groups in total. The minimum atomic E-state index is -0.753. The largest absolute Gasteiger partial charge is 0.496 e. The molecule has 3 aromatic carbocycles. The molecule has 0 saturated carbocycles. The molecule has 3 aromatic rings. The molecule has 0 spiro atoms. The van der Waals surface area contributed by atoms with Crippen molar-refractivity contribution in [3.8, 4) is 11.5 Å². The maximum absolute atomic E-state index is 11.8. The van der Waals surface area contributed by atoms with Crippen molar-refractivity contribution >= 4 is 17.6 Å². The first-order valence-electron chi connectivity index (χ1n) is 11.1. The number of nitrogens with zero attached hydrogens (tertiary/aromatic N) is 1. The molecule has 0 amide bonds. The number of hydrogen-bond acceptors (Lipinski definition) is 4. The van der Waals surface area contributed by atoms with Gasteiger partial charge in [0.2, 0.25) is 0 Å². The van der Waals surface area contributed by atoms with E-state index in [2.05, 4.69) is 4.90 Å². The molecule has 0 aliphatic carbocycles. The third kappa shape index (κ3) is 5.67. The minimum Gasteiger partial charge on any atom is -0.496 e. The first-order chi connectivity index (χ1) is 16.0. The summed E-state index contributed by atoms with van der Waals surface area (Å²) in [6.45, 7) is 1.73. The number of hydrogen-bond donors (Lipinski definition) is 1. The molecule has 1 saturated heterocycles. The number of ether oxygens (including phenoxy) is 2. The van der Waals surface area contributed by atoms with Crippen molar-refractivity contribution in [2.45, 2.75) is 25.5 Å². The Morgan fingerprint density at radius 2 is 1.94 bits per heavy atom. The van der Waals surface area contributed by atoms with Gasteiger partial charge in [-0.1, -0.05) is 54.1 Å². The molecule has 33 heavy (non-hydrogen) atoms. The summed E-state index contributed by atoms with van der Waals surface area (Å²) in [4.78, 5) is 14.0. The quantitative estimate of drug-likeness (QED) is 0.454. The molecular weight excluding hydrogens is 438 g/mol. The summed E-state index contributed by atoms with van der Waals surface area (Å²) < 4.78 is 11.7. The summed E-state index contributed by atoms with van der Waals surface area (Å²) in [5.74, 6) is 0.326. The molecule has 2 unspecified atom stereocenters. The predicted molar refractivity (Wildman–Crippen MR) is 129 cm³/mol. The maximum Gasteiger partial charge on any atom is 0.307 e.